The number of nitrogens with two attached hydrogens (primary N) is 1. The molecule has 3 aromatic carbocycles. The third-order valence-corrected chi connectivity index (χ3v) is 6.24. The maximum atomic E-state index is 13.2. The Balaban J connectivity index is 1.51. The summed E-state index contributed by atoms with van der Waals surface area (Å²) in [6.45, 7) is 1.57. The average molecular weight is 487 g/mol. The third-order valence-electron chi connectivity index (χ3n) is 6.24. The second-order valence-corrected chi connectivity index (χ2v) is 8.87. The molecule has 1 heterocycles. The van der Waals surface area contributed by atoms with Gasteiger partial charge in [-0.3, -0.25) is 14.4 Å². The smallest absolute Gasteiger partial charge is 0.305 e. The van der Waals surface area contributed by atoms with E-state index in [2.05, 4.69) is 10.6 Å². The fraction of sp³-hybridized carbons (Fsp3) is 0.250. The van der Waals surface area contributed by atoms with Crippen molar-refractivity contribution in [2.75, 3.05) is 11.9 Å². The number of rotatable bonds is 9. The van der Waals surface area contributed by atoms with E-state index in [4.69, 9.17) is 5.73 Å². The minimum absolute atomic E-state index is 0.260. The number of nitrogens with zero attached hydrogens (tertiary/aromatic N) is 1. The Labute approximate surface area is 210 Å². The topological polar surface area (TPSA) is 125 Å². The van der Waals surface area contributed by atoms with Crippen molar-refractivity contribution in [1.82, 2.24) is 10.2 Å². The van der Waals surface area contributed by atoms with Gasteiger partial charge >= 0.3 is 5.97 Å². The fourth-order valence-corrected chi connectivity index (χ4v) is 4.31. The van der Waals surface area contributed by atoms with Crippen LogP contribution in [0.5, 0.6) is 0 Å². The molecular weight excluding hydrogens is 456 g/mol. The van der Waals surface area contributed by atoms with E-state index >= 15 is 0 Å². The second kappa shape index (κ2) is 11.5. The molecule has 3 aromatic rings. The number of benzene rings is 3. The van der Waals surface area contributed by atoms with Crippen LogP contribution in [0.4, 0.5) is 5.69 Å². The molecule has 8 nitrogen and oxygen atoms in total. The number of carboxylic acid groups (broad SMARTS) is 1. The van der Waals surface area contributed by atoms with Crippen LogP contribution < -0.4 is 16.4 Å². The molecule has 2 amide bonds. The standard InChI is InChI=1S/C28H30N4O4/c29-16-20-7-4-8-21(13-20)17-30-27(35)22-9-10-23-18-32(12-11-19-5-2-1-3-6-19)28(36)25(15-26(33)34)31-24(23)14-22/h1-10,13-14,25,31H,11-12,15-18,29H2,(H,30,35)(H,33,34). The molecule has 0 saturated carbocycles. The van der Waals surface area contributed by atoms with Gasteiger partial charge in [0.2, 0.25) is 5.91 Å². The first kappa shape index (κ1) is 24.9. The minimum atomic E-state index is -1.07. The summed E-state index contributed by atoms with van der Waals surface area (Å²) in [5.74, 6) is -1.60. The molecule has 0 saturated heterocycles. The summed E-state index contributed by atoms with van der Waals surface area (Å²) < 4.78 is 0. The van der Waals surface area contributed by atoms with Crippen LogP contribution in [0.25, 0.3) is 0 Å². The molecule has 8 heteroatoms. The fourth-order valence-electron chi connectivity index (χ4n) is 4.31. The molecule has 5 N–H and O–H groups in total. The van der Waals surface area contributed by atoms with E-state index in [-0.39, 0.29) is 18.2 Å². The van der Waals surface area contributed by atoms with Gasteiger partial charge in [-0.05, 0) is 40.8 Å². The van der Waals surface area contributed by atoms with Crippen LogP contribution in [0, 0.1) is 0 Å². The summed E-state index contributed by atoms with van der Waals surface area (Å²) in [7, 11) is 0. The van der Waals surface area contributed by atoms with Crippen molar-refractivity contribution in [3.05, 3.63) is 101 Å². The Morgan fingerprint density at radius 2 is 1.75 bits per heavy atom. The minimum Gasteiger partial charge on any atom is -0.481 e. The van der Waals surface area contributed by atoms with E-state index in [9.17, 15) is 19.5 Å². The van der Waals surface area contributed by atoms with E-state index in [1.165, 1.54) is 0 Å². The van der Waals surface area contributed by atoms with Crippen LogP contribution in [0.15, 0.2) is 72.8 Å². The first-order valence-corrected chi connectivity index (χ1v) is 11.9. The van der Waals surface area contributed by atoms with Gasteiger partial charge in [-0.15, -0.1) is 0 Å². The lowest BCUT2D eigenvalue weighted by Crippen LogP contribution is -2.42. The molecule has 1 aliphatic heterocycles. The van der Waals surface area contributed by atoms with Gasteiger partial charge in [-0.1, -0.05) is 60.7 Å². The highest BCUT2D eigenvalue weighted by Gasteiger charge is 2.31. The number of hydrogen-bond donors (Lipinski definition) is 4. The lowest BCUT2D eigenvalue weighted by atomic mass is 10.1. The molecule has 1 aliphatic rings. The second-order valence-electron chi connectivity index (χ2n) is 8.87. The molecule has 36 heavy (non-hydrogen) atoms. The maximum absolute atomic E-state index is 13.2. The van der Waals surface area contributed by atoms with Gasteiger partial charge in [0.05, 0.1) is 6.42 Å². The molecule has 0 radical (unpaired) electrons. The van der Waals surface area contributed by atoms with E-state index in [0.29, 0.717) is 43.9 Å². The van der Waals surface area contributed by atoms with Crippen LogP contribution >= 0.6 is 0 Å². The van der Waals surface area contributed by atoms with Crippen LogP contribution in [0.2, 0.25) is 0 Å². The lowest BCUT2D eigenvalue weighted by Gasteiger charge is -2.24. The summed E-state index contributed by atoms with van der Waals surface area (Å²) in [4.78, 5) is 39.2. The molecule has 0 aliphatic carbocycles. The Morgan fingerprint density at radius 1 is 1.00 bits per heavy atom. The number of carbonyl (C=O) groups excluding carboxylic acids is 2. The first-order valence-electron chi connectivity index (χ1n) is 11.9. The zero-order valence-corrected chi connectivity index (χ0v) is 19.9. The normalized spacial score (nSPS) is 15.0. The molecule has 0 aromatic heterocycles. The number of hydrogen-bond acceptors (Lipinski definition) is 5. The van der Waals surface area contributed by atoms with Crippen molar-refractivity contribution < 1.29 is 19.5 Å². The monoisotopic (exact) mass is 486 g/mol. The zero-order chi connectivity index (χ0) is 25.5. The van der Waals surface area contributed by atoms with E-state index < -0.39 is 12.0 Å². The Morgan fingerprint density at radius 3 is 2.50 bits per heavy atom. The van der Waals surface area contributed by atoms with Gasteiger partial charge in [0, 0.05) is 37.4 Å². The van der Waals surface area contributed by atoms with Crippen LogP contribution in [-0.4, -0.2) is 40.4 Å². The van der Waals surface area contributed by atoms with Crippen molar-refractivity contribution >= 4 is 23.5 Å². The van der Waals surface area contributed by atoms with Crippen molar-refractivity contribution in [2.45, 2.75) is 38.5 Å². The highest BCUT2D eigenvalue weighted by molar-refractivity contribution is 5.96. The number of anilines is 1. The molecule has 0 fully saturated rings. The maximum Gasteiger partial charge on any atom is 0.305 e. The molecular formula is C28H30N4O4. The van der Waals surface area contributed by atoms with Crippen molar-refractivity contribution in [3.8, 4) is 0 Å². The van der Waals surface area contributed by atoms with E-state index in [1.807, 2.05) is 60.7 Å². The van der Waals surface area contributed by atoms with Crippen molar-refractivity contribution in [1.29, 1.82) is 0 Å². The Bertz CT molecular complexity index is 1250. The molecule has 186 valence electrons. The van der Waals surface area contributed by atoms with Crippen molar-refractivity contribution in [2.24, 2.45) is 5.73 Å². The number of nitrogens with one attached hydrogen (secondary N) is 2. The lowest BCUT2D eigenvalue weighted by molar-refractivity contribution is -0.141. The largest absolute Gasteiger partial charge is 0.481 e. The highest BCUT2D eigenvalue weighted by Crippen LogP contribution is 2.26. The Hall–Kier alpha value is -4.17. The van der Waals surface area contributed by atoms with Gasteiger partial charge in [0.1, 0.15) is 6.04 Å². The van der Waals surface area contributed by atoms with Gasteiger partial charge in [-0.2, -0.15) is 0 Å². The first-order chi connectivity index (χ1) is 17.4. The highest BCUT2D eigenvalue weighted by atomic mass is 16.4. The van der Waals surface area contributed by atoms with E-state index in [1.54, 1.807) is 17.0 Å². The summed E-state index contributed by atoms with van der Waals surface area (Å²) in [5.41, 5.74) is 10.6. The van der Waals surface area contributed by atoms with Crippen LogP contribution in [0.3, 0.4) is 0 Å². The van der Waals surface area contributed by atoms with Crippen LogP contribution in [0.1, 0.15) is 39.0 Å². The van der Waals surface area contributed by atoms with Gasteiger partial charge in [-0.25, -0.2) is 0 Å². The number of amides is 2. The van der Waals surface area contributed by atoms with Crippen molar-refractivity contribution in [3.63, 3.8) is 0 Å². The molecule has 4 rings (SSSR count). The zero-order valence-electron chi connectivity index (χ0n) is 19.9. The summed E-state index contributed by atoms with van der Waals surface area (Å²) in [6.07, 6.45) is 0.307. The summed E-state index contributed by atoms with van der Waals surface area (Å²) in [5, 5.41) is 15.4. The van der Waals surface area contributed by atoms with Crippen LogP contribution in [-0.2, 0) is 35.6 Å². The number of carboxylic acids is 1. The van der Waals surface area contributed by atoms with Gasteiger partial charge in [0.15, 0.2) is 0 Å². The summed E-state index contributed by atoms with van der Waals surface area (Å²) >= 11 is 0. The number of aliphatic carboxylic acids is 1. The van der Waals surface area contributed by atoms with Gasteiger partial charge in [0.25, 0.3) is 5.91 Å². The SMILES string of the molecule is NCc1cccc(CNC(=O)c2ccc3c(c2)NC(CC(=O)O)C(=O)N(CCc2ccccc2)C3)c1. The molecule has 1 atom stereocenters. The molecule has 0 bridgehead atoms. The predicted octanol–water partition coefficient (Wildman–Crippen LogP) is 2.92. The average Bonchev–Trinajstić information content (AvgIpc) is 3.02. The molecule has 1 unspecified atom stereocenters. The van der Waals surface area contributed by atoms with Gasteiger partial charge < -0.3 is 26.4 Å². The third kappa shape index (κ3) is 6.28. The molecule has 0 spiro atoms. The summed E-state index contributed by atoms with van der Waals surface area (Å²) in [6, 6.07) is 21.9. The van der Waals surface area contributed by atoms with E-state index in [0.717, 1.165) is 22.3 Å². The number of carbonyl (C=O) groups is 3. The number of fused-ring (bicyclic) bond motifs is 1. The quantitative estimate of drug-likeness (QED) is 0.369. The predicted molar refractivity (Wildman–Crippen MR) is 137 cm³/mol. The Kier molecular flexibility index (Phi) is 7.97.